The summed E-state index contributed by atoms with van der Waals surface area (Å²) in [5.74, 6) is -0.293. The maximum Gasteiger partial charge on any atom is 0.337 e. The van der Waals surface area contributed by atoms with Crippen LogP contribution in [0.3, 0.4) is 0 Å². The van der Waals surface area contributed by atoms with Crippen molar-refractivity contribution in [2.75, 3.05) is 11.9 Å². The number of aromatic nitrogens is 2. The van der Waals surface area contributed by atoms with Gasteiger partial charge in [0.2, 0.25) is 0 Å². The number of rotatable bonds is 5. The van der Waals surface area contributed by atoms with Gasteiger partial charge in [-0.25, -0.2) is 14.8 Å². The summed E-state index contributed by atoms with van der Waals surface area (Å²) in [5.41, 5.74) is 0.190. The molecule has 2 heterocycles. The van der Waals surface area contributed by atoms with E-state index in [1.54, 1.807) is 23.6 Å². The zero-order valence-corrected chi connectivity index (χ0v) is 9.78. The lowest BCUT2D eigenvalue weighted by Gasteiger charge is -2.03. The molecule has 5 nitrogen and oxygen atoms in total. The maximum absolute atomic E-state index is 10.6. The first kappa shape index (κ1) is 11.5. The fourth-order valence-electron chi connectivity index (χ4n) is 1.30. The van der Waals surface area contributed by atoms with Gasteiger partial charge in [0, 0.05) is 30.7 Å². The second-order valence-electron chi connectivity index (χ2n) is 3.34. The first-order valence-electron chi connectivity index (χ1n) is 5.07. The van der Waals surface area contributed by atoms with E-state index in [2.05, 4.69) is 15.3 Å². The van der Waals surface area contributed by atoms with Crippen LogP contribution in [0.15, 0.2) is 29.9 Å². The summed E-state index contributed by atoms with van der Waals surface area (Å²) in [7, 11) is 0. The molecule has 2 aromatic heterocycles. The van der Waals surface area contributed by atoms with Gasteiger partial charge in [-0.15, -0.1) is 11.3 Å². The minimum absolute atomic E-state index is 0.190. The quantitative estimate of drug-likeness (QED) is 0.846. The zero-order chi connectivity index (χ0) is 12.1. The Kier molecular flexibility index (Phi) is 3.66. The Morgan fingerprint density at radius 3 is 2.88 bits per heavy atom. The number of hydrogen-bond acceptors (Lipinski definition) is 5. The van der Waals surface area contributed by atoms with E-state index in [1.165, 1.54) is 12.3 Å². The molecule has 6 heteroatoms. The Morgan fingerprint density at radius 1 is 1.41 bits per heavy atom. The third-order valence-corrected chi connectivity index (χ3v) is 2.98. The van der Waals surface area contributed by atoms with Crippen molar-refractivity contribution >= 4 is 23.1 Å². The molecule has 0 bridgehead atoms. The van der Waals surface area contributed by atoms with Gasteiger partial charge >= 0.3 is 5.97 Å². The van der Waals surface area contributed by atoms with Crippen LogP contribution in [0, 0.1) is 0 Å². The van der Waals surface area contributed by atoms with E-state index in [1.807, 2.05) is 5.38 Å². The van der Waals surface area contributed by atoms with Crippen molar-refractivity contribution in [2.45, 2.75) is 6.42 Å². The Morgan fingerprint density at radius 2 is 2.29 bits per heavy atom. The highest BCUT2D eigenvalue weighted by molar-refractivity contribution is 7.09. The SMILES string of the molecule is O=C(O)c1ccc(NCCc2nccs2)nc1. The van der Waals surface area contributed by atoms with Crippen molar-refractivity contribution in [3.05, 3.63) is 40.5 Å². The molecule has 0 radical (unpaired) electrons. The molecule has 0 fully saturated rings. The molecule has 88 valence electrons. The van der Waals surface area contributed by atoms with Crippen LogP contribution < -0.4 is 5.32 Å². The third-order valence-electron chi connectivity index (χ3n) is 2.14. The molecule has 0 saturated heterocycles. The predicted octanol–water partition coefficient (Wildman–Crippen LogP) is 1.89. The van der Waals surface area contributed by atoms with Gasteiger partial charge in [-0.2, -0.15) is 0 Å². The van der Waals surface area contributed by atoms with Crippen molar-refractivity contribution in [3.63, 3.8) is 0 Å². The first-order valence-corrected chi connectivity index (χ1v) is 5.95. The molecular weight excluding hydrogens is 238 g/mol. The second kappa shape index (κ2) is 5.40. The minimum atomic E-state index is -0.966. The van der Waals surface area contributed by atoms with Gasteiger partial charge in [-0.1, -0.05) is 0 Å². The van der Waals surface area contributed by atoms with E-state index in [0.29, 0.717) is 5.82 Å². The predicted molar refractivity (Wildman–Crippen MR) is 65.5 cm³/mol. The number of aromatic carboxylic acids is 1. The molecule has 2 aromatic rings. The number of nitrogens with zero attached hydrogens (tertiary/aromatic N) is 2. The van der Waals surface area contributed by atoms with Crippen molar-refractivity contribution in [2.24, 2.45) is 0 Å². The van der Waals surface area contributed by atoms with Gasteiger partial charge < -0.3 is 10.4 Å². The molecule has 0 unspecified atom stereocenters. The average Bonchev–Trinajstić information content (AvgIpc) is 2.83. The number of carbonyl (C=O) groups is 1. The normalized spacial score (nSPS) is 10.1. The van der Waals surface area contributed by atoms with Gasteiger partial charge in [0.15, 0.2) is 0 Å². The lowest BCUT2D eigenvalue weighted by atomic mass is 10.3. The van der Waals surface area contributed by atoms with Crippen LogP contribution in [0.5, 0.6) is 0 Å². The average molecular weight is 249 g/mol. The van der Waals surface area contributed by atoms with Crippen LogP contribution in [0.1, 0.15) is 15.4 Å². The number of carboxylic acids is 1. The van der Waals surface area contributed by atoms with Crippen LogP contribution in [-0.2, 0) is 6.42 Å². The molecule has 2 N–H and O–H groups in total. The lowest BCUT2D eigenvalue weighted by molar-refractivity contribution is 0.0696. The van der Waals surface area contributed by atoms with Crippen LogP contribution >= 0.6 is 11.3 Å². The number of carboxylic acid groups (broad SMARTS) is 1. The van der Waals surface area contributed by atoms with E-state index >= 15 is 0 Å². The monoisotopic (exact) mass is 249 g/mol. The van der Waals surface area contributed by atoms with Crippen molar-refractivity contribution < 1.29 is 9.90 Å². The first-order chi connectivity index (χ1) is 8.25. The number of nitrogens with one attached hydrogen (secondary N) is 1. The number of pyridine rings is 1. The Balaban J connectivity index is 1.85. The highest BCUT2D eigenvalue weighted by atomic mass is 32.1. The fraction of sp³-hybridized carbons (Fsp3) is 0.182. The topological polar surface area (TPSA) is 75.1 Å². The van der Waals surface area contributed by atoms with Crippen LogP contribution in [0.25, 0.3) is 0 Å². The fourth-order valence-corrected chi connectivity index (χ4v) is 1.92. The largest absolute Gasteiger partial charge is 0.478 e. The molecule has 0 saturated carbocycles. The number of anilines is 1. The summed E-state index contributed by atoms with van der Waals surface area (Å²) in [5, 5.41) is 14.8. The Labute approximate surface area is 102 Å². The van der Waals surface area contributed by atoms with Crippen molar-refractivity contribution in [1.29, 1.82) is 0 Å². The van der Waals surface area contributed by atoms with Gasteiger partial charge in [-0.3, -0.25) is 0 Å². The molecule has 0 aliphatic rings. The van der Waals surface area contributed by atoms with E-state index < -0.39 is 5.97 Å². The van der Waals surface area contributed by atoms with Crippen molar-refractivity contribution in [1.82, 2.24) is 9.97 Å². The summed E-state index contributed by atoms with van der Waals surface area (Å²) in [6.07, 6.45) is 3.95. The Bertz CT molecular complexity index is 482. The summed E-state index contributed by atoms with van der Waals surface area (Å²) >= 11 is 1.62. The van der Waals surface area contributed by atoms with Gasteiger partial charge in [-0.05, 0) is 12.1 Å². The summed E-state index contributed by atoms with van der Waals surface area (Å²) in [4.78, 5) is 18.8. The van der Waals surface area contributed by atoms with Gasteiger partial charge in [0.1, 0.15) is 5.82 Å². The van der Waals surface area contributed by atoms with E-state index in [9.17, 15) is 4.79 Å². The van der Waals surface area contributed by atoms with Gasteiger partial charge in [0.25, 0.3) is 0 Å². The molecule has 0 aliphatic carbocycles. The molecule has 17 heavy (non-hydrogen) atoms. The lowest BCUT2D eigenvalue weighted by Crippen LogP contribution is -2.06. The number of thiazole rings is 1. The third kappa shape index (κ3) is 3.25. The molecule has 2 rings (SSSR count). The van der Waals surface area contributed by atoms with E-state index in [4.69, 9.17) is 5.11 Å². The van der Waals surface area contributed by atoms with Crippen LogP contribution in [-0.4, -0.2) is 27.6 Å². The second-order valence-corrected chi connectivity index (χ2v) is 4.32. The smallest absolute Gasteiger partial charge is 0.337 e. The van der Waals surface area contributed by atoms with Crippen LogP contribution in [0.2, 0.25) is 0 Å². The molecule has 0 amide bonds. The molecule has 0 atom stereocenters. The van der Waals surface area contributed by atoms with Crippen LogP contribution in [0.4, 0.5) is 5.82 Å². The standard InChI is InChI=1S/C11H11N3O2S/c15-11(16)8-1-2-9(14-7-8)12-4-3-10-13-5-6-17-10/h1-2,5-7H,3-4H2,(H,12,14)(H,15,16). The highest BCUT2D eigenvalue weighted by Gasteiger charge is 2.02. The Hall–Kier alpha value is -1.95. The van der Waals surface area contributed by atoms with E-state index in [-0.39, 0.29) is 5.56 Å². The minimum Gasteiger partial charge on any atom is -0.478 e. The molecule has 0 aromatic carbocycles. The van der Waals surface area contributed by atoms with Crippen molar-refractivity contribution in [3.8, 4) is 0 Å². The zero-order valence-electron chi connectivity index (χ0n) is 8.96. The summed E-state index contributed by atoms with van der Waals surface area (Å²) in [6.45, 7) is 0.729. The van der Waals surface area contributed by atoms with Gasteiger partial charge in [0.05, 0.1) is 10.6 Å². The molecule has 0 aliphatic heterocycles. The highest BCUT2D eigenvalue weighted by Crippen LogP contribution is 2.07. The number of hydrogen-bond donors (Lipinski definition) is 2. The molecule has 0 spiro atoms. The maximum atomic E-state index is 10.6. The summed E-state index contributed by atoms with van der Waals surface area (Å²) < 4.78 is 0. The summed E-state index contributed by atoms with van der Waals surface area (Å²) in [6, 6.07) is 3.19. The van der Waals surface area contributed by atoms with E-state index in [0.717, 1.165) is 18.0 Å². The molecular formula is C11H11N3O2S.